The van der Waals surface area contributed by atoms with Gasteiger partial charge in [0.05, 0.1) is 5.02 Å². The molecule has 0 heterocycles. The fraction of sp³-hybridized carbons (Fsp3) is 0.200. The van der Waals surface area contributed by atoms with E-state index in [-0.39, 0.29) is 10.8 Å². The van der Waals surface area contributed by atoms with Gasteiger partial charge in [0.15, 0.2) is 0 Å². The maximum Gasteiger partial charge on any atom is 0.387 e. The third kappa shape index (κ3) is 1.73. The van der Waals surface area contributed by atoms with Crippen molar-refractivity contribution in [2.24, 2.45) is 0 Å². The summed E-state index contributed by atoms with van der Waals surface area (Å²) >= 11 is 5.76. The summed E-state index contributed by atoms with van der Waals surface area (Å²) in [7, 11) is 0. The Morgan fingerprint density at radius 3 is 2.86 bits per heavy atom. The summed E-state index contributed by atoms with van der Waals surface area (Å²) in [4.78, 5) is 0. The number of rotatable bonds is 2. The van der Waals surface area contributed by atoms with Crippen LogP contribution in [0, 0.1) is 0 Å². The van der Waals surface area contributed by atoms with Crippen LogP contribution in [-0.2, 0) is 6.42 Å². The minimum Gasteiger partial charge on any atom is -0.433 e. The van der Waals surface area contributed by atoms with Crippen LogP contribution in [0.4, 0.5) is 8.78 Å². The number of fused-ring (bicyclic) bond motifs is 1. The second-order valence-corrected chi connectivity index (χ2v) is 3.37. The lowest BCUT2D eigenvalue weighted by Gasteiger charge is -2.08. The fourth-order valence-electron chi connectivity index (χ4n) is 1.44. The van der Waals surface area contributed by atoms with Gasteiger partial charge in [0.2, 0.25) is 0 Å². The molecule has 0 saturated carbocycles. The molecule has 1 nitrogen and oxygen atoms in total. The van der Waals surface area contributed by atoms with E-state index in [0.717, 1.165) is 17.5 Å². The minimum absolute atomic E-state index is 0.0455. The van der Waals surface area contributed by atoms with Crippen molar-refractivity contribution in [3.8, 4) is 5.75 Å². The first-order chi connectivity index (χ1) is 6.66. The van der Waals surface area contributed by atoms with Gasteiger partial charge in [-0.25, -0.2) is 0 Å². The summed E-state index contributed by atoms with van der Waals surface area (Å²) in [6.45, 7) is -2.83. The van der Waals surface area contributed by atoms with E-state index in [1.807, 2.05) is 12.2 Å². The number of alkyl halides is 2. The SMILES string of the molecule is FC(F)Oc1cc2c(cc1Cl)C=CC2. The number of hydrogen-bond donors (Lipinski definition) is 0. The van der Waals surface area contributed by atoms with Crippen LogP contribution in [0.25, 0.3) is 6.08 Å². The van der Waals surface area contributed by atoms with Crippen molar-refractivity contribution in [2.75, 3.05) is 0 Å². The highest BCUT2D eigenvalue weighted by Gasteiger charge is 2.13. The molecule has 0 spiro atoms. The molecule has 0 saturated heterocycles. The molecule has 0 aliphatic heterocycles. The Kier molecular flexibility index (Phi) is 2.42. The molecule has 0 bridgehead atoms. The van der Waals surface area contributed by atoms with Crippen molar-refractivity contribution >= 4 is 17.7 Å². The molecule has 2 rings (SSSR count). The van der Waals surface area contributed by atoms with Crippen LogP contribution in [0.5, 0.6) is 5.75 Å². The van der Waals surface area contributed by atoms with Crippen molar-refractivity contribution in [1.29, 1.82) is 0 Å². The molecular weight excluding hydrogens is 210 g/mol. The van der Waals surface area contributed by atoms with Crippen molar-refractivity contribution in [2.45, 2.75) is 13.0 Å². The number of allylic oxidation sites excluding steroid dienone is 1. The topological polar surface area (TPSA) is 9.23 Å². The number of halogens is 3. The Bertz CT molecular complexity index is 388. The van der Waals surface area contributed by atoms with E-state index in [9.17, 15) is 8.78 Å². The van der Waals surface area contributed by atoms with Gasteiger partial charge in [0.25, 0.3) is 0 Å². The molecule has 0 radical (unpaired) electrons. The molecule has 4 heteroatoms. The number of hydrogen-bond acceptors (Lipinski definition) is 1. The highest BCUT2D eigenvalue weighted by atomic mass is 35.5. The van der Waals surface area contributed by atoms with Gasteiger partial charge in [0.1, 0.15) is 5.75 Å². The quantitative estimate of drug-likeness (QED) is 0.735. The molecule has 14 heavy (non-hydrogen) atoms. The molecule has 0 aromatic heterocycles. The Morgan fingerprint density at radius 2 is 2.14 bits per heavy atom. The van der Waals surface area contributed by atoms with Gasteiger partial charge in [-0.15, -0.1) is 0 Å². The summed E-state index contributed by atoms with van der Waals surface area (Å²) in [6, 6.07) is 3.20. The Hall–Kier alpha value is -1.09. The lowest BCUT2D eigenvalue weighted by Crippen LogP contribution is -2.03. The highest BCUT2D eigenvalue weighted by Crippen LogP contribution is 2.32. The normalized spacial score (nSPS) is 13.4. The molecule has 1 aromatic rings. The van der Waals surface area contributed by atoms with Crippen LogP contribution in [0.3, 0.4) is 0 Å². The van der Waals surface area contributed by atoms with Crippen molar-refractivity contribution < 1.29 is 13.5 Å². The van der Waals surface area contributed by atoms with Crippen LogP contribution < -0.4 is 4.74 Å². The molecule has 0 N–H and O–H groups in total. The van der Waals surface area contributed by atoms with E-state index >= 15 is 0 Å². The van der Waals surface area contributed by atoms with E-state index in [1.54, 1.807) is 12.1 Å². The van der Waals surface area contributed by atoms with E-state index in [0.29, 0.717) is 0 Å². The first kappa shape index (κ1) is 9.46. The third-order valence-electron chi connectivity index (χ3n) is 2.04. The van der Waals surface area contributed by atoms with Crippen molar-refractivity contribution in [1.82, 2.24) is 0 Å². The van der Waals surface area contributed by atoms with Crippen molar-refractivity contribution in [3.05, 3.63) is 34.4 Å². The van der Waals surface area contributed by atoms with Gasteiger partial charge in [-0.3, -0.25) is 0 Å². The van der Waals surface area contributed by atoms with Gasteiger partial charge in [-0.2, -0.15) is 8.78 Å². The predicted octanol–water partition coefficient (Wildman–Crippen LogP) is 3.51. The second-order valence-electron chi connectivity index (χ2n) is 2.97. The van der Waals surface area contributed by atoms with Crippen LogP contribution in [0.2, 0.25) is 5.02 Å². The van der Waals surface area contributed by atoms with E-state index in [1.165, 1.54) is 0 Å². The predicted molar refractivity (Wildman–Crippen MR) is 50.8 cm³/mol. The monoisotopic (exact) mass is 216 g/mol. The number of benzene rings is 1. The molecule has 0 amide bonds. The average molecular weight is 217 g/mol. The van der Waals surface area contributed by atoms with Gasteiger partial charge in [0, 0.05) is 0 Å². The highest BCUT2D eigenvalue weighted by molar-refractivity contribution is 6.32. The fourth-order valence-corrected chi connectivity index (χ4v) is 1.66. The first-order valence-corrected chi connectivity index (χ1v) is 4.48. The molecule has 1 aliphatic carbocycles. The molecule has 0 atom stereocenters. The molecule has 1 aliphatic rings. The zero-order valence-electron chi connectivity index (χ0n) is 7.14. The third-order valence-corrected chi connectivity index (χ3v) is 2.34. The largest absolute Gasteiger partial charge is 0.433 e. The van der Waals surface area contributed by atoms with Crippen LogP contribution in [0.15, 0.2) is 18.2 Å². The van der Waals surface area contributed by atoms with E-state index in [2.05, 4.69) is 4.74 Å². The number of ether oxygens (including phenoxy) is 1. The van der Waals surface area contributed by atoms with Gasteiger partial charge >= 0.3 is 6.61 Å². The molecular formula is C10H7ClF2O. The van der Waals surface area contributed by atoms with Crippen LogP contribution in [0.1, 0.15) is 11.1 Å². The van der Waals surface area contributed by atoms with Crippen molar-refractivity contribution in [3.63, 3.8) is 0 Å². The standard InChI is InChI=1S/C10H7ClF2O/c11-8-4-6-2-1-3-7(6)5-9(8)14-10(12)13/h1-2,4-5,10H,3H2. The lowest BCUT2D eigenvalue weighted by atomic mass is 10.1. The zero-order chi connectivity index (χ0) is 10.1. The Morgan fingerprint density at radius 1 is 1.36 bits per heavy atom. The van der Waals surface area contributed by atoms with Gasteiger partial charge in [-0.05, 0) is 29.7 Å². The smallest absolute Gasteiger partial charge is 0.387 e. The summed E-state index contributed by atoms with van der Waals surface area (Å²) in [5.74, 6) is 0.0455. The maximum absolute atomic E-state index is 12.0. The van der Waals surface area contributed by atoms with Crippen LogP contribution >= 0.6 is 11.6 Å². The maximum atomic E-state index is 12.0. The van der Waals surface area contributed by atoms with Gasteiger partial charge < -0.3 is 4.74 Å². The molecule has 0 fully saturated rings. The first-order valence-electron chi connectivity index (χ1n) is 4.10. The Balaban J connectivity index is 2.35. The van der Waals surface area contributed by atoms with Crippen LogP contribution in [-0.4, -0.2) is 6.61 Å². The summed E-state index contributed by atoms with van der Waals surface area (Å²) < 4.78 is 28.2. The minimum atomic E-state index is -2.83. The summed E-state index contributed by atoms with van der Waals surface area (Å²) in [5.41, 5.74) is 1.93. The zero-order valence-corrected chi connectivity index (χ0v) is 7.89. The van der Waals surface area contributed by atoms with E-state index < -0.39 is 6.61 Å². The van der Waals surface area contributed by atoms with E-state index in [4.69, 9.17) is 11.6 Å². The van der Waals surface area contributed by atoms with Gasteiger partial charge in [-0.1, -0.05) is 23.8 Å². The summed E-state index contributed by atoms with van der Waals surface area (Å²) in [5, 5.41) is 0.218. The lowest BCUT2D eigenvalue weighted by molar-refractivity contribution is -0.0498. The Labute approximate surface area is 84.9 Å². The molecule has 0 unspecified atom stereocenters. The summed E-state index contributed by atoms with van der Waals surface area (Å²) in [6.07, 6.45) is 4.60. The average Bonchev–Trinajstić information content (AvgIpc) is 2.51. The molecule has 74 valence electrons. The second kappa shape index (κ2) is 3.58. The molecule has 1 aromatic carbocycles.